The lowest BCUT2D eigenvalue weighted by molar-refractivity contribution is 0.252. The Balaban J connectivity index is 1.56. The minimum absolute atomic E-state index is 0.00117. The first-order valence-corrected chi connectivity index (χ1v) is 12.4. The van der Waals surface area contributed by atoms with Crippen molar-refractivity contribution in [2.75, 3.05) is 30.3 Å². The van der Waals surface area contributed by atoms with Crippen LogP contribution >= 0.6 is 11.3 Å². The van der Waals surface area contributed by atoms with E-state index < -0.39 is 17.7 Å². The lowest BCUT2D eigenvalue weighted by Gasteiger charge is -2.23. The van der Waals surface area contributed by atoms with Crippen molar-refractivity contribution in [3.63, 3.8) is 0 Å². The van der Waals surface area contributed by atoms with Gasteiger partial charge in [-0.3, -0.25) is 10.3 Å². The summed E-state index contributed by atoms with van der Waals surface area (Å²) in [6.45, 7) is 4.06. The van der Waals surface area contributed by atoms with Gasteiger partial charge in [0.15, 0.2) is 10.9 Å². The molecule has 0 saturated carbocycles. The first-order valence-electron chi connectivity index (χ1n) is 11.6. The quantitative estimate of drug-likeness (QED) is 0.304. The van der Waals surface area contributed by atoms with E-state index in [1.165, 1.54) is 36.8 Å². The van der Waals surface area contributed by atoms with Crippen molar-refractivity contribution in [2.24, 2.45) is 0 Å². The van der Waals surface area contributed by atoms with Gasteiger partial charge in [0.2, 0.25) is 5.95 Å². The number of fused-ring (bicyclic) bond motifs is 1. The van der Waals surface area contributed by atoms with Crippen molar-refractivity contribution < 1.29 is 13.6 Å². The fraction of sp³-hybridized carbons (Fsp3) is 0.292. The fourth-order valence-electron chi connectivity index (χ4n) is 4.07. The van der Waals surface area contributed by atoms with E-state index in [2.05, 4.69) is 41.2 Å². The van der Waals surface area contributed by atoms with Gasteiger partial charge in [0.25, 0.3) is 0 Å². The van der Waals surface area contributed by atoms with Crippen LogP contribution in [-0.4, -0.2) is 51.6 Å². The first-order chi connectivity index (χ1) is 17.5. The number of halogens is 2. The SMILES string of the molecule is CCNC(=O)Nc1nc2c(F)c(-c3cnc(NC4CCNCC4)nc3)cc(-c3ncccc3F)c2s1. The van der Waals surface area contributed by atoms with Crippen molar-refractivity contribution in [1.82, 2.24) is 30.6 Å². The second-order valence-electron chi connectivity index (χ2n) is 8.26. The van der Waals surface area contributed by atoms with E-state index in [0.29, 0.717) is 28.3 Å². The summed E-state index contributed by atoms with van der Waals surface area (Å²) in [5, 5.41) is 12.0. The van der Waals surface area contributed by atoms with Crippen molar-refractivity contribution >= 4 is 38.7 Å². The Hall–Kier alpha value is -3.77. The van der Waals surface area contributed by atoms with Crippen LogP contribution in [0.5, 0.6) is 0 Å². The van der Waals surface area contributed by atoms with Crippen LogP contribution in [0.4, 0.5) is 24.7 Å². The highest BCUT2D eigenvalue weighted by atomic mass is 32.1. The molecular weight excluding hydrogens is 486 g/mol. The molecule has 1 aliphatic rings. The minimum Gasteiger partial charge on any atom is -0.351 e. The second-order valence-corrected chi connectivity index (χ2v) is 9.26. The number of anilines is 2. The summed E-state index contributed by atoms with van der Waals surface area (Å²) in [7, 11) is 0. The van der Waals surface area contributed by atoms with Crippen LogP contribution in [0.3, 0.4) is 0 Å². The number of carbonyl (C=O) groups is 1. The highest BCUT2D eigenvalue weighted by Crippen LogP contribution is 2.40. The molecule has 186 valence electrons. The molecule has 3 aromatic heterocycles. The van der Waals surface area contributed by atoms with E-state index in [1.54, 1.807) is 6.92 Å². The average Bonchev–Trinajstić information content (AvgIpc) is 3.30. The molecule has 5 rings (SSSR count). The minimum atomic E-state index is -0.618. The highest BCUT2D eigenvalue weighted by Gasteiger charge is 2.22. The zero-order valence-electron chi connectivity index (χ0n) is 19.4. The normalized spacial score (nSPS) is 14.1. The van der Waals surface area contributed by atoms with Crippen LogP contribution in [0.2, 0.25) is 0 Å². The maximum absolute atomic E-state index is 15.7. The molecule has 4 heterocycles. The van der Waals surface area contributed by atoms with E-state index >= 15 is 4.39 Å². The molecule has 36 heavy (non-hydrogen) atoms. The molecule has 0 unspecified atom stereocenters. The first kappa shape index (κ1) is 23.9. The van der Waals surface area contributed by atoms with Gasteiger partial charge in [-0.25, -0.2) is 28.5 Å². The van der Waals surface area contributed by atoms with Crippen molar-refractivity contribution in [2.45, 2.75) is 25.8 Å². The third-order valence-corrected chi connectivity index (χ3v) is 6.82. The number of thiazole rings is 1. The Bertz CT molecular complexity index is 1390. The van der Waals surface area contributed by atoms with Crippen LogP contribution in [0.1, 0.15) is 19.8 Å². The maximum atomic E-state index is 15.7. The molecule has 0 bridgehead atoms. The summed E-state index contributed by atoms with van der Waals surface area (Å²) in [6, 6.07) is 4.10. The molecule has 9 nitrogen and oxygen atoms in total. The molecule has 4 aromatic rings. The monoisotopic (exact) mass is 510 g/mol. The van der Waals surface area contributed by atoms with Crippen LogP contribution in [-0.2, 0) is 0 Å². The highest BCUT2D eigenvalue weighted by molar-refractivity contribution is 7.22. The largest absolute Gasteiger partial charge is 0.351 e. The van der Waals surface area contributed by atoms with Crippen LogP contribution in [0.15, 0.2) is 36.8 Å². The number of pyridine rings is 1. The standard InChI is InChI=1S/C24H24F2N8OS/c1-2-28-23(35)34-24-33-20-18(26)15(10-16(21(20)36-24)19-17(25)4-3-7-29-19)13-11-30-22(31-12-13)32-14-5-8-27-9-6-14/h3-4,7,10-12,14,27H,2,5-6,8-9H2,1H3,(H,30,31,32)(H2,28,33,34,35). The summed E-state index contributed by atoms with van der Waals surface area (Å²) >= 11 is 1.05. The number of carbonyl (C=O) groups excluding carboxylic acids is 1. The maximum Gasteiger partial charge on any atom is 0.321 e. The van der Waals surface area contributed by atoms with Gasteiger partial charge in [-0.1, -0.05) is 11.3 Å². The Morgan fingerprint density at radius 2 is 1.94 bits per heavy atom. The van der Waals surface area contributed by atoms with Gasteiger partial charge in [0, 0.05) is 47.9 Å². The third-order valence-electron chi connectivity index (χ3n) is 5.81. The van der Waals surface area contributed by atoms with E-state index in [1.807, 2.05) is 0 Å². The number of hydrogen-bond acceptors (Lipinski definition) is 8. The number of nitrogens with one attached hydrogen (secondary N) is 4. The van der Waals surface area contributed by atoms with E-state index in [0.717, 1.165) is 37.3 Å². The lowest BCUT2D eigenvalue weighted by Crippen LogP contribution is -2.35. The molecule has 1 fully saturated rings. The third kappa shape index (κ3) is 4.95. The number of aromatic nitrogens is 4. The molecule has 4 N–H and O–H groups in total. The van der Waals surface area contributed by atoms with Crippen LogP contribution in [0, 0.1) is 11.6 Å². The number of nitrogens with zero attached hydrogens (tertiary/aromatic N) is 4. The van der Waals surface area contributed by atoms with E-state index in [-0.39, 0.29) is 27.9 Å². The summed E-state index contributed by atoms with van der Waals surface area (Å²) < 4.78 is 30.9. The van der Waals surface area contributed by atoms with Crippen molar-refractivity contribution in [3.05, 3.63) is 48.4 Å². The van der Waals surface area contributed by atoms with E-state index in [4.69, 9.17) is 0 Å². The smallest absolute Gasteiger partial charge is 0.321 e. The number of urea groups is 1. The Morgan fingerprint density at radius 1 is 1.17 bits per heavy atom. The molecule has 0 aliphatic carbocycles. The molecule has 0 atom stereocenters. The molecule has 1 aromatic carbocycles. The zero-order chi connectivity index (χ0) is 25.1. The predicted molar refractivity (Wildman–Crippen MR) is 136 cm³/mol. The van der Waals surface area contributed by atoms with Crippen LogP contribution in [0.25, 0.3) is 32.6 Å². The Labute approximate surface area is 209 Å². The van der Waals surface area contributed by atoms with Gasteiger partial charge in [-0.2, -0.15) is 0 Å². The molecule has 0 radical (unpaired) electrons. The Kier molecular flexibility index (Phi) is 6.96. The molecule has 1 saturated heterocycles. The van der Waals surface area contributed by atoms with Gasteiger partial charge < -0.3 is 16.0 Å². The molecular formula is C24H24F2N8OS. The van der Waals surface area contributed by atoms with Crippen LogP contribution < -0.4 is 21.3 Å². The van der Waals surface area contributed by atoms with Crippen molar-refractivity contribution in [1.29, 1.82) is 0 Å². The number of rotatable bonds is 6. The van der Waals surface area contributed by atoms with Gasteiger partial charge in [-0.15, -0.1) is 0 Å². The van der Waals surface area contributed by atoms with Gasteiger partial charge in [0.05, 0.1) is 4.70 Å². The van der Waals surface area contributed by atoms with Gasteiger partial charge in [-0.05, 0) is 51.1 Å². The van der Waals surface area contributed by atoms with E-state index in [9.17, 15) is 9.18 Å². The summed E-state index contributed by atoms with van der Waals surface area (Å²) in [6.07, 6.45) is 6.45. The average molecular weight is 511 g/mol. The fourth-order valence-corrected chi connectivity index (χ4v) is 5.04. The van der Waals surface area contributed by atoms with Crippen molar-refractivity contribution in [3.8, 4) is 22.4 Å². The molecule has 1 aliphatic heterocycles. The summed E-state index contributed by atoms with van der Waals surface area (Å²) in [5.41, 5.74) is 0.987. The summed E-state index contributed by atoms with van der Waals surface area (Å²) in [4.78, 5) is 29.2. The number of amides is 2. The number of piperidine rings is 1. The summed E-state index contributed by atoms with van der Waals surface area (Å²) in [5.74, 6) is -0.709. The number of hydrogen-bond donors (Lipinski definition) is 4. The molecule has 2 amide bonds. The molecule has 12 heteroatoms. The second kappa shape index (κ2) is 10.5. The number of benzene rings is 1. The van der Waals surface area contributed by atoms with Gasteiger partial charge >= 0.3 is 6.03 Å². The lowest BCUT2D eigenvalue weighted by atomic mass is 10.0. The zero-order valence-corrected chi connectivity index (χ0v) is 20.3. The molecule has 0 spiro atoms. The predicted octanol–water partition coefficient (Wildman–Crippen LogP) is 4.40. The van der Waals surface area contributed by atoms with Gasteiger partial charge in [0.1, 0.15) is 17.0 Å². The Morgan fingerprint density at radius 3 is 2.67 bits per heavy atom. The topological polar surface area (TPSA) is 117 Å².